The van der Waals surface area contributed by atoms with Gasteiger partial charge in [-0.25, -0.2) is 0 Å². The topological polar surface area (TPSA) is 32.8 Å². The van der Waals surface area contributed by atoms with Crippen molar-refractivity contribution in [3.8, 4) is 5.75 Å². The molecule has 126 valence electrons. The van der Waals surface area contributed by atoms with E-state index in [4.69, 9.17) is 4.74 Å². The summed E-state index contributed by atoms with van der Waals surface area (Å²) < 4.78 is 5.30. The highest BCUT2D eigenvalue weighted by atomic mass is 16.5. The Morgan fingerprint density at radius 3 is 2.74 bits per heavy atom. The normalized spacial score (nSPS) is 29.9. The van der Waals surface area contributed by atoms with E-state index in [1.165, 1.54) is 5.56 Å². The number of methoxy groups -OCH3 is 1. The van der Waals surface area contributed by atoms with Crippen LogP contribution in [-0.2, 0) is 4.79 Å². The molecule has 1 saturated heterocycles. The minimum Gasteiger partial charge on any atom is -0.497 e. The van der Waals surface area contributed by atoms with Crippen LogP contribution in [0.25, 0.3) is 0 Å². The second-order valence-corrected chi connectivity index (χ2v) is 7.17. The Kier molecular flexibility index (Phi) is 4.62. The van der Waals surface area contributed by atoms with Crippen LogP contribution in [0.1, 0.15) is 31.2 Å². The van der Waals surface area contributed by atoms with Gasteiger partial charge in [0.05, 0.1) is 7.11 Å². The number of hydrogen-bond donors (Lipinski definition) is 0. The summed E-state index contributed by atoms with van der Waals surface area (Å²) in [5.74, 6) is 2.36. The van der Waals surface area contributed by atoms with Crippen molar-refractivity contribution in [3.63, 3.8) is 0 Å². The number of likely N-dealkylation sites (tertiary alicyclic amines) is 1. The summed E-state index contributed by atoms with van der Waals surface area (Å²) in [6.45, 7) is 4.02. The van der Waals surface area contributed by atoms with Crippen molar-refractivity contribution in [2.75, 3.05) is 34.3 Å². The molecule has 0 unspecified atom stereocenters. The highest BCUT2D eigenvalue weighted by Gasteiger charge is 2.48. The van der Waals surface area contributed by atoms with Gasteiger partial charge in [0.25, 0.3) is 0 Å². The van der Waals surface area contributed by atoms with Crippen molar-refractivity contribution in [2.45, 2.75) is 31.7 Å². The lowest BCUT2D eigenvalue weighted by molar-refractivity contribution is -0.131. The maximum absolute atomic E-state index is 12.9. The van der Waals surface area contributed by atoms with Crippen LogP contribution >= 0.6 is 0 Å². The van der Waals surface area contributed by atoms with Gasteiger partial charge < -0.3 is 14.5 Å². The fraction of sp³-hybridized carbons (Fsp3) is 0.632. The molecule has 1 aliphatic heterocycles. The Hall–Kier alpha value is -1.55. The molecule has 3 rings (SSSR count). The highest BCUT2D eigenvalue weighted by molar-refractivity contribution is 5.83. The first-order valence-electron chi connectivity index (χ1n) is 8.64. The lowest BCUT2D eigenvalue weighted by Crippen LogP contribution is -2.36. The Morgan fingerprint density at radius 2 is 2.13 bits per heavy atom. The van der Waals surface area contributed by atoms with Gasteiger partial charge in [-0.05, 0) is 50.0 Å². The van der Waals surface area contributed by atoms with E-state index in [0.717, 1.165) is 31.7 Å². The lowest BCUT2D eigenvalue weighted by atomic mass is 10.0. The molecule has 4 heteroatoms. The van der Waals surface area contributed by atoms with Crippen LogP contribution in [-0.4, -0.2) is 56.0 Å². The average Bonchev–Trinajstić information content (AvgIpc) is 3.24. The smallest absolute Gasteiger partial charge is 0.226 e. The molecule has 4 nitrogen and oxygen atoms in total. The Bertz CT molecular complexity index is 572. The summed E-state index contributed by atoms with van der Waals surface area (Å²) in [6, 6.07) is 8.65. The second-order valence-electron chi connectivity index (χ2n) is 7.17. The number of nitrogens with zero attached hydrogens (tertiary/aromatic N) is 2. The van der Waals surface area contributed by atoms with Crippen molar-refractivity contribution in [1.29, 1.82) is 0 Å². The summed E-state index contributed by atoms with van der Waals surface area (Å²) in [5.41, 5.74) is 1.23. The lowest BCUT2D eigenvalue weighted by Gasteiger charge is -2.23. The number of likely N-dealkylation sites (N-methyl/N-ethyl adjacent to an activating group) is 1. The molecule has 0 spiro atoms. The fourth-order valence-corrected chi connectivity index (χ4v) is 3.96. The zero-order chi connectivity index (χ0) is 16.6. The maximum atomic E-state index is 12.9. The fourth-order valence-electron chi connectivity index (χ4n) is 3.96. The molecule has 0 radical (unpaired) electrons. The molecule has 0 bridgehead atoms. The predicted octanol–water partition coefficient (Wildman–Crippen LogP) is 2.60. The standard InChI is InChI=1S/C19H28N2O2/c1-5-13-11-21(12-18(13)20(2)3)19(22)17-10-16(17)14-7-6-8-15(9-14)23-4/h6-9,13,16-18H,5,10-12H2,1-4H3/t13-,16+,17-,18+/m1/s1. The van der Waals surface area contributed by atoms with Crippen molar-refractivity contribution in [3.05, 3.63) is 29.8 Å². The molecule has 0 N–H and O–H groups in total. The van der Waals surface area contributed by atoms with Crippen LogP contribution in [0, 0.1) is 11.8 Å². The molecule has 1 saturated carbocycles. The number of rotatable bonds is 5. The van der Waals surface area contributed by atoms with E-state index in [-0.39, 0.29) is 5.92 Å². The first-order chi connectivity index (χ1) is 11.0. The average molecular weight is 316 g/mol. The minimum absolute atomic E-state index is 0.167. The van der Waals surface area contributed by atoms with Gasteiger partial charge in [-0.3, -0.25) is 4.79 Å². The van der Waals surface area contributed by atoms with E-state index in [1.54, 1.807) is 7.11 Å². The van der Waals surface area contributed by atoms with Gasteiger partial charge in [-0.1, -0.05) is 25.5 Å². The van der Waals surface area contributed by atoms with Crippen molar-refractivity contribution < 1.29 is 9.53 Å². The molecule has 1 heterocycles. The van der Waals surface area contributed by atoms with Gasteiger partial charge >= 0.3 is 0 Å². The predicted molar refractivity (Wildman–Crippen MR) is 91.7 cm³/mol. The number of benzene rings is 1. The molecule has 4 atom stereocenters. The van der Waals surface area contributed by atoms with Gasteiger partial charge in [0.15, 0.2) is 0 Å². The van der Waals surface area contributed by atoms with E-state index in [9.17, 15) is 4.79 Å². The SMILES string of the molecule is CC[C@@H]1CN(C(=O)[C@@H]2C[C@H]2c2cccc(OC)c2)C[C@@H]1N(C)C. The quantitative estimate of drug-likeness (QED) is 0.837. The molecular formula is C19H28N2O2. The summed E-state index contributed by atoms with van der Waals surface area (Å²) >= 11 is 0. The van der Waals surface area contributed by atoms with Crippen molar-refractivity contribution in [2.24, 2.45) is 11.8 Å². The van der Waals surface area contributed by atoms with Crippen LogP contribution in [0.4, 0.5) is 0 Å². The van der Waals surface area contributed by atoms with E-state index < -0.39 is 0 Å². The summed E-state index contributed by atoms with van der Waals surface area (Å²) in [7, 11) is 5.93. The molecule has 1 aromatic carbocycles. The van der Waals surface area contributed by atoms with E-state index in [1.807, 2.05) is 12.1 Å². The van der Waals surface area contributed by atoms with Gasteiger partial charge in [0.2, 0.25) is 5.91 Å². The van der Waals surface area contributed by atoms with Gasteiger partial charge in [-0.2, -0.15) is 0 Å². The van der Waals surface area contributed by atoms with Gasteiger partial charge in [0, 0.05) is 25.0 Å². The zero-order valence-electron chi connectivity index (χ0n) is 14.7. The van der Waals surface area contributed by atoms with Gasteiger partial charge in [0.1, 0.15) is 5.75 Å². The maximum Gasteiger partial charge on any atom is 0.226 e. The van der Waals surface area contributed by atoms with E-state index in [2.05, 4.69) is 43.0 Å². The van der Waals surface area contributed by atoms with Crippen LogP contribution in [0.15, 0.2) is 24.3 Å². The van der Waals surface area contributed by atoms with Crippen molar-refractivity contribution in [1.82, 2.24) is 9.80 Å². The molecular weight excluding hydrogens is 288 g/mol. The van der Waals surface area contributed by atoms with Crippen LogP contribution in [0.3, 0.4) is 0 Å². The largest absolute Gasteiger partial charge is 0.497 e. The number of amides is 1. The van der Waals surface area contributed by atoms with Crippen LogP contribution < -0.4 is 4.74 Å². The third-order valence-electron chi connectivity index (χ3n) is 5.54. The monoisotopic (exact) mass is 316 g/mol. The number of carbonyl (C=O) groups is 1. The molecule has 1 amide bonds. The molecule has 1 aliphatic carbocycles. The number of carbonyl (C=O) groups excluding carboxylic acids is 1. The molecule has 0 aromatic heterocycles. The summed E-state index contributed by atoms with van der Waals surface area (Å²) in [6.07, 6.45) is 2.11. The zero-order valence-corrected chi connectivity index (χ0v) is 14.7. The Labute approximate surface area is 139 Å². The third kappa shape index (κ3) is 3.23. The van der Waals surface area contributed by atoms with Crippen LogP contribution in [0.5, 0.6) is 5.75 Å². The molecule has 1 aromatic rings. The molecule has 2 fully saturated rings. The third-order valence-corrected chi connectivity index (χ3v) is 5.54. The Morgan fingerprint density at radius 1 is 1.35 bits per heavy atom. The van der Waals surface area contributed by atoms with E-state index in [0.29, 0.717) is 23.8 Å². The van der Waals surface area contributed by atoms with Crippen molar-refractivity contribution >= 4 is 5.91 Å². The first kappa shape index (κ1) is 16.3. The number of hydrogen-bond acceptors (Lipinski definition) is 3. The second kappa shape index (κ2) is 6.52. The number of ether oxygens (including phenoxy) is 1. The van der Waals surface area contributed by atoms with E-state index >= 15 is 0 Å². The summed E-state index contributed by atoms with van der Waals surface area (Å²) in [5, 5.41) is 0. The first-order valence-corrected chi connectivity index (χ1v) is 8.64. The van der Waals surface area contributed by atoms with Gasteiger partial charge in [-0.15, -0.1) is 0 Å². The van der Waals surface area contributed by atoms with Crippen LogP contribution in [0.2, 0.25) is 0 Å². The summed E-state index contributed by atoms with van der Waals surface area (Å²) in [4.78, 5) is 17.2. The minimum atomic E-state index is 0.167. The molecule has 23 heavy (non-hydrogen) atoms. The Balaban J connectivity index is 1.64. The highest BCUT2D eigenvalue weighted by Crippen LogP contribution is 2.49. The molecule has 2 aliphatic rings.